The smallest absolute Gasteiger partial charge is 0.275 e. The summed E-state index contributed by atoms with van der Waals surface area (Å²) in [6, 6.07) is 9.71. The number of amides is 1. The summed E-state index contributed by atoms with van der Waals surface area (Å²) in [4.78, 5) is 17.4. The molecular formula is C16H20N2O4. The Morgan fingerprint density at radius 3 is 2.77 bits per heavy atom. The number of hydrogen-bond acceptors (Lipinski definition) is 5. The van der Waals surface area contributed by atoms with Crippen LogP contribution in [-0.4, -0.2) is 47.2 Å². The molecule has 2 rings (SSSR count). The number of aryl methyl sites for hydroxylation is 1. The monoisotopic (exact) mass is 304 g/mol. The predicted molar refractivity (Wildman–Crippen MR) is 80.3 cm³/mol. The lowest BCUT2D eigenvalue weighted by Gasteiger charge is -2.20. The summed E-state index contributed by atoms with van der Waals surface area (Å²) in [5.74, 6) is 0.181. The third-order valence-electron chi connectivity index (χ3n) is 3.20. The zero-order valence-electron chi connectivity index (χ0n) is 12.7. The fraction of sp³-hybridized carbons (Fsp3) is 0.375. The number of rotatable bonds is 7. The van der Waals surface area contributed by atoms with Gasteiger partial charge in [-0.05, 0) is 12.5 Å². The van der Waals surface area contributed by atoms with E-state index in [0.717, 1.165) is 5.56 Å². The summed E-state index contributed by atoms with van der Waals surface area (Å²) in [6.45, 7) is 2.43. The predicted octanol–water partition coefficient (Wildman–Crippen LogP) is 1.63. The second kappa shape index (κ2) is 7.72. The Kier molecular flexibility index (Phi) is 5.68. The van der Waals surface area contributed by atoms with Gasteiger partial charge in [0, 0.05) is 13.6 Å². The Bertz CT molecular complexity index is 597. The standard InChI is InChI=1S/C16H20N2O4/c1-12-15(17-11-22-12)16(20)18(2)8-14(19)10-21-9-13-6-4-3-5-7-13/h3-7,11,14,19H,8-10H2,1-2H3. The van der Waals surface area contributed by atoms with Crippen LogP contribution in [0, 0.1) is 6.92 Å². The first-order valence-electron chi connectivity index (χ1n) is 7.03. The van der Waals surface area contributed by atoms with Gasteiger partial charge in [-0.3, -0.25) is 4.79 Å². The van der Waals surface area contributed by atoms with E-state index < -0.39 is 6.10 Å². The molecule has 0 aliphatic carbocycles. The lowest BCUT2D eigenvalue weighted by Crippen LogP contribution is -2.36. The number of oxazole rings is 1. The third kappa shape index (κ3) is 4.41. The molecule has 0 aliphatic rings. The fourth-order valence-corrected chi connectivity index (χ4v) is 2.03. The lowest BCUT2D eigenvalue weighted by molar-refractivity contribution is 0.0135. The number of aromatic nitrogens is 1. The van der Waals surface area contributed by atoms with Gasteiger partial charge in [0.05, 0.1) is 19.3 Å². The fourth-order valence-electron chi connectivity index (χ4n) is 2.03. The molecule has 1 aromatic carbocycles. The lowest BCUT2D eigenvalue weighted by atomic mass is 10.2. The van der Waals surface area contributed by atoms with Crippen LogP contribution in [0.2, 0.25) is 0 Å². The highest BCUT2D eigenvalue weighted by Crippen LogP contribution is 2.08. The van der Waals surface area contributed by atoms with E-state index in [1.807, 2.05) is 30.3 Å². The first kappa shape index (κ1) is 16.2. The van der Waals surface area contributed by atoms with Gasteiger partial charge in [0.2, 0.25) is 0 Å². The van der Waals surface area contributed by atoms with Gasteiger partial charge < -0.3 is 19.2 Å². The van der Waals surface area contributed by atoms with Gasteiger partial charge in [-0.15, -0.1) is 0 Å². The van der Waals surface area contributed by atoms with Gasteiger partial charge in [0.1, 0.15) is 5.76 Å². The van der Waals surface area contributed by atoms with E-state index in [1.165, 1.54) is 11.3 Å². The highest BCUT2D eigenvalue weighted by Gasteiger charge is 2.20. The number of carbonyl (C=O) groups is 1. The van der Waals surface area contributed by atoms with Gasteiger partial charge in [-0.2, -0.15) is 0 Å². The van der Waals surface area contributed by atoms with E-state index in [2.05, 4.69) is 4.98 Å². The summed E-state index contributed by atoms with van der Waals surface area (Å²) in [5.41, 5.74) is 1.30. The van der Waals surface area contributed by atoms with Gasteiger partial charge in [0.15, 0.2) is 12.1 Å². The molecule has 0 aliphatic heterocycles. The SMILES string of the molecule is Cc1ocnc1C(=O)N(C)CC(O)COCc1ccccc1. The Morgan fingerprint density at radius 2 is 2.14 bits per heavy atom. The molecule has 0 fully saturated rings. The van der Waals surface area contributed by atoms with Crippen molar-refractivity contribution < 1.29 is 19.1 Å². The van der Waals surface area contributed by atoms with Crippen LogP contribution in [0.15, 0.2) is 41.1 Å². The zero-order valence-corrected chi connectivity index (χ0v) is 12.7. The molecule has 2 aromatic rings. The van der Waals surface area contributed by atoms with Gasteiger partial charge >= 0.3 is 0 Å². The Hall–Kier alpha value is -2.18. The Morgan fingerprint density at radius 1 is 1.41 bits per heavy atom. The number of likely N-dealkylation sites (N-methyl/N-ethyl adjacent to an activating group) is 1. The molecule has 0 radical (unpaired) electrons. The minimum atomic E-state index is -0.759. The van der Waals surface area contributed by atoms with Crippen molar-refractivity contribution in [3.8, 4) is 0 Å². The number of benzene rings is 1. The van der Waals surface area contributed by atoms with Crippen molar-refractivity contribution in [3.63, 3.8) is 0 Å². The van der Waals surface area contributed by atoms with Crippen LogP contribution in [-0.2, 0) is 11.3 Å². The first-order valence-corrected chi connectivity index (χ1v) is 7.03. The first-order chi connectivity index (χ1) is 10.6. The molecule has 0 saturated heterocycles. The number of hydrogen-bond donors (Lipinski definition) is 1. The van der Waals surface area contributed by atoms with Crippen LogP contribution in [0.3, 0.4) is 0 Å². The summed E-state index contributed by atoms with van der Waals surface area (Å²) in [6.07, 6.45) is 0.473. The summed E-state index contributed by atoms with van der Waals surface area (Å²) >= 11 is 0. The number of carbonyl (C=O) groups excluding carboxylic acids is 1. The molecule has 1 unspecified atom stereocenters. The van der Waals surface area contributed by atoms with Crippen LogP contribution < -0.4 is 0 Å². The molecule has 118 valence electrons. The number of aliphatic hydroxyl groups excluding tert-OH is 1. The molecule has 0 bridgehead atoms. The van der Waals surface area contributed by atoms with Crippen molar-refractivity contribution in [1.29, 1.82) is 0 Å². The molecule has 1 aromatic heterocycles. The number of aliphatic hydroxyl groups is 1. The van der Waals surface area contributed by atoms with Crippen LogP contribution >= 0.6 is 0 Å². The summed E-state index contributed by atoms with van der Waals surface area (Å²) in [5, 5.41) is 9.95. The molecule has 1 amide bonds. The van der Waals surface area contributed by atoms with E-state index in [-0.39, 0.29) is 24.8 Å². The highest BCUT2D eigenvalue weighted by molar-refractivity contribution is 5.92. The Labute approximate surface area is 129 Å². The molecule has 6 heteroatoms. The average Bonchev–Trinajstić information content (AvgIpc) is 2.93. The van der Waals surface area contributed by atoms with E-state index in [1.54, 1.807) is 14.0 Å². The molecular weight excluding hydrogens is 284 g/mol. The minimum absolute atomic E-state index is 0.157. The molecule has 0 saturated carbocycles. The molecule has 6 nitrogen and oxygen atoms in total. The maximum atomic E-state index is 12.1. The maximum Gasteiger partial charge on any atom is 0.275 e. The summed E-state index contributed by atoms with van der Waals surface area (Å²) in [7, 11) is 1.61. The second-order valence-corrected chi connectivity index (χ2v) is 5.10. The largest absolute Gasteiger partial charge is 0.448 e. The van der Waals surface area contributed by atoms with Crippen molar-refractivity contribution in [2.24, 2.45) is 0 Å². The second-order valence-electron chi connectivity index (χ2n) is 5.10. The van der Waals surface area contributed by atoms with Crippen LogP contribution in [0.25, 0.3) is 0 Å². The molecule has 1 heterocycles. The zero-order chi connectivity index (χ0) is 15.9. The van der Waals surface area contributed by atoms with Crippen LogP contribution in [0.4, 0.5) is 0 Å². The van der Waals surface area contributed by atoms with Gasteiger partial charge in [0.25, 0.3) is 5.91 Å². The number of ether oxygens (including phenoxy) is 1. The van der Waals surface area contributed by atoms with Crippen LogP contribution in [0.5, 0.6) is 0 Å². The summed E-state index contributed by atoms with van der Waals surface area (Å²) < 4.78 is 10.5. The van der Waals surface area contributed by atoms with E-state index >= 15 is 0 Å². The van der Waals surface area contributed by atoms with Crippen molar-refractivity contribution in [1.82, 2.24) is 9.88 Å². The van der Waals surface area contributed by atoms with E-state index in [4.69, 9.17) is 9.15 Å². The molecule has 1 N–H and O–H groups in total. The minimum Gasteiger partial charge on any atom is -0.448 e. The normalized spacial score (nSPS) is 12.1. The third-order valence-corrected chi connectivity index (χ3v) is 3.20. The van der Waals surface area contributed by atoms with Crippen molar-refractivity contribution >= 4 is 5.91 Å². The van der Waals surface area contributed by atoms with Crippen LogP contribution in [0.1, 0.15) is 21.8 Å². The molecule has 1 atom stereocenters. The van der Waals surface area contributed by atoms with Gasteiger partial charge in [-0.25, -0.2) is 4.98 Å². The highest BCUT2D eigenvalue weighted by atomic mass is 16.5. The molecule has 22 heavy (non-hydrogen) atoms. The average molecular weight is 304 g/mol. The van der Waals surface area contributed by atoms with Gasteiger partial charge in [-0.1, -0.05) is 30.3 Å². The van der Waals surface area contributed by atoms with Crippen molar-refractivity contribution in [3.05, 3.63) is 53.7 Å². The maximum absolute atomic E-state index is 12.1. The topological polar surface area (TPSA) is 75.8 Å². The number of nitrogens with zero attached hydrogens (tertiary/aromatic N) is 2. The molecule has 0 spiro atoms. The van der Waals surface area contributed by atoms with E-state index in [9.17, 15) is 9.90 Å². The Balaban J connectivity index is 1.75. The van der Waals surface area contributed by atoms with Crippen molar-refractivity contribution in [2.75, 3.05) is 20.2 Å². The van der Waals surface area contributed by atoms with E-state index in [0.29, 0.717) is 12.4 Å². The quantitative estimate of drug-likeness (QED) is 0.841. The van der Waals surface area contributed by atoms with Crippen molar-refractivity contribution in [2.45, 2.75) is 19.6 Å².